The minimum atomic E-state index is -4.37. The van der Waals surface area contributed by atoms with Crippen molar-refractivity contribution in [3.8, 4) is 0 Å². The van der Waals surface area contributed by atoms with E-state index >= 15 is 0 Å². The number of alkyl halides is 3. The molecule has 0 aliphatic carbocycles. The maximum absolute atomic E-state index is 12.6. The van der Waals surface area contributed by atoms with E-state index in [9.17, 15) is 18.3 Å². The third-order valence-corrected chi connectivity index (χ3v) is 4.39. The van der Waals surface area contributed by atoms with Gasteiger partial charge in [0, 0.05) is 0 Å². The van der Waals surface area contributed by atoms with Crippen LogP contribution in [0.1, 0.15) is 24.5 Å². The summed E-state index contributed by atoms with van der Waals surface area (Å²) in [4.78, 5) is 0. The van der Waals surface area contributed by atoms with Gasteiger partial charge in [-0.2, -0.15) is 33.6 Å². The zero-order valence-electron chi connectivity index (χ0n) is 16.8. The molecular formula is C23H21F3N4O. The van der Waals surface area contributed by atoms with Gasteiger partial charge in [-0.05, 0) is 86.0 Å². The number of nitrogens with zero attached hydrogens (tertiary/aromatic N) is 4. The Balaban J connectivity index is 1.58. The van der Waals surface area contributed by atoms with Crippen LogP contribution in [-0.2, 0) is 12.6 Å². The quantitative estimate of drug-likeness (QED) is 0.384. The van der Waals surface area contributed by atoms with E-state index in [0.29, 0.717) is 29.2 Å². The zero-order chi connectivity index (χ0) is 22.3. The Hall–Kier alpha value is -3.39. The summed E-state index contributed by atoms with van der Waals surface area (Å²) >= 11 is 0. The van der Waals surface area contributed by atoms with Gasteiger partial charge in [0.15, 0.2) is 0 Å². The SMILES string of the molecule is CC(O)CCc1ccc(N=Nc2ccc(N=Nc3ccc(C(F)(F)F)cc3)cc2)cc1. The van der Waals surface area contributed by atoms with Gasteiger partial charge >= 0.3 is 6.18 Å². The molecule has 0 radical (unpaired) electrons. The van der Waals surface area contributed by atoms with E-state index in [0.717, 1.165) is 24.1 Å². The zero-order valence-corrected chi connectivity index (χ0v) is 16.8. The smallest absolute Gasteiger partial charge is 0.393 e. The molecule has 1 N–H and O–H groups in total. The fourth-order valence-electron chi connectivity index (χ4n) is 2.64. The fraction of sp³-hybridized carbons (Fsp3) is 0.217. The lowest BCUT2D eigenvalue weighted by atomic mass is 10.1. The number of rotatable bonds is 7. The van der Waals surface area contributed by atoms with E-state index in [1.165, 1.54) is 12.1 Å². The van der Waals surface area contributed by atoms with Gasteiger partial charge in [0.2, 0.25) is 0 Å². The van der Waals surface area contributed by atoms with E-state index in [-0.39, 0.29) is 6.10 Å². The molecule has 0 heterocycles. The van der Waals surface area contributed by atoms with Crippen molar-refractivity contribution >= 4 is 22.7 Å². The van der Waals surface area contributed by atoms with Crippen LogP contribution in [0.2, 0.25) is 0 Å². The highest BCUT2D eigenvalue weighted by molar-refractivity contribution is 5.48. The van der Waals surface area contributed by atoms with Crippen molar-refractivity contribution in [1.29, 1.82) is 0 Å². The van der Waals surface area contributed by atoms with Crippen molar-refractivity contribution in [2.75, 3.05) is 0 Å². The van der Waals surface area contributed by atoms with Crippen LogP contribution in [0.25, 0.3) is 0 Å². The minimum Gasteiger partial charge on any atom is -0.393 e. The Morgan fingerprint density at radius 3 is 1.39 bits per heavy atom. The Bertz CT molecular complexity index is 1030. The first-order valence-electron chi connectivity index (χ1n) is 9.67. The first kappa shape index (κ1) is 22.3. The summed E-state index contributed by atoms with van der Waals surface area (Å²) in [5, 5.41) is 25.7. The summed E-state index contributed by atoms with van der Waals surface area (Å²) in [6.45, 7) is 1.77. The maximum atomic E-state index is 12.6. The fourth-order valence-corrected chi connectivity index (χ4v) is 2.64. The molecule has 0 aromatic heterocycles. The number of halogens is 3. The van der Waals surface area contributed by atoms with E-state index in [4.69, 9.17) is 0 Å². The molecular weight excluding hydrogens is 405 g/mol. The number of aryl methyl sites for hydroxylation is 1. The van der Waals surface area contributed by atoms with Gasteiger partial charge in [0.1, 0.15) is 0 Å². The normalized spacial score (nSPS) is 13.2. The van der Waals surface area contributed by atoms with Crippen LogP contribution >= 0.6 is 0 Å². The molecule has 0 fully saturated rings. The van der Waals surface area contributed by atoms with Gasteiger partial charge in [0.05, 0.1) is 34.4 Å². The third kappa shape index (κ3) is 7.11. The van der Waals surface area contributed by atoms with Gasteiger partial charge in [-0.15, -0.1) is 0 Å². The van der Waals surface area contributed by atoms with Crippen molar-refractivity contribution in [3.05, 3.63) is 83.9 Å². The molecule has 0 aliphatic rings. The summed E-state index contributed by atoms with van der Waals surface area (Å²) in [6.07, 6.45) is -3.18. The van der Waals surface area contributed by atoms with Crippen LogP contribution in [0.3, 0.4) is 0 Å². The molecule has 3 rings (SSSR count). The van der Waals surface area contributed by atoms with E-state index in [1.54, 1.807) is 31.2 Å². The monoisotopic (exact) mass is 426 g/mol. The van der Waals surface area contributed by atoms with Crippen molar-refractivity contribution < 1.29 is 18.3 Å². The van der Waals surface area contributed by atoms with Crippen molar-refractivity contribution in [2.24, 2.45) is 20.5 Å². The van der Waals surface area contributed by atoms with Crippen molar-refractivity contribution in [1.82, 2.24) is 0 Å². The van der Waals surface area contributed by atoms with E-state index in [1.807, 2.05) is 24.3 Å². The second-order valence-electron chi connectivity index (χ2n) is 7.02. The lowest BCUT2D eigenvalue weighted by Crippen LogP contribution is -2.03. The Kier molecular flexibility index (Phi) is 7.25. The van der Waals surface area contributed by atoms with Crippen LogP contribution in [0, 0.1) is 0 Å². The summed E-state index contributed by atoms with van der Waals surface area (Å²) in [7, 11) is 0. The van der Waals surface area contributed by atoms with Gasteiger partial charge < -0.3 is 5.11 Å². The van der Waals surface area contributed by atoms with Gasteiger partial charge in [-0.25, -0.2) is 0 Å². The molecule has 8 heteroatoms. The Morgan fingerprint density at radius 2 is 1.03 bits per heavy atom. The molecule has 0 bridgehead atoms. The predicted molar refractivity (Wildman–Crippen MR) is 113 cm³/mol. The number of hydrogen-bond donors (Lipinski definition) is 1. The number of azo groups is 2. The second-order valence-corrected chi connectivity index (χ2v) is 7.02. The number of hydrogen-bond acceptors (Lipinski definition) is 5. The number of benzene rings is 3. The topological polar surface area (TPSA) is 69.7 Å². The molecule has 1 unspecified atom stereocenters. The Morgan fingerprint density at radius 1 is 0.677 bits per heavy atom. The van der Waals surface area contributed by atoms with Crippen LogP contribution < -0.4 is 0 Å². The molecule has 0 saturated heterocycles. The van der Waals surface area contributed by atoms with Crippen LogP contribution in [0.5, 0.6) is 0 Å². The largest absolute Gasteiger partial charge is 0.416 e. The van der Waals surface area contributed by atoms with Gasteiger partial charge in [-0.3, -0.25) is 0 Å². The summed E-state index contributed by atoms with van der Waals surface area (Å²) < 4.78 is 37.7. The predicted octanol–water partition coefficient (Wildman–Crippen LogP) is 7.85. The number of aliphatic hydroxyl groups is 1. The summed E-state index contributed by atoms with van der Waals surface area (Å²) in [5.41, 5.74) is 2.62. The molecule has 5 nitrogen and oxygen atoms in total. The Labute approximate surface area is 178 Å². The van der Waals surface area contributed by atoms with Gasteiger partial charge in [-0.1, -0.05) is 12.1 Å². The molecule has 0 amide bonds. The van der Waals surface area contributed by atoms with Crippen LogP contribution in [0.15, 0.2) is 93.3 Å². The molecule has 3 aromatic rings. The minimum absolute atomic E-state index is 0.322. The first-order valence-corrected chi connectivity index (χ1v) is 9.67. The van der Waals surface area contributed by atoms with Gasteiger partial charge in [0.25, 0.3) is 0 Å². The molecule has 0 saturated carbocycles. The van der Waals surface area contributed by atoms with Crippen molar-refractivity contribution in [2.45, 2.75) is 32.0 Å². The highest BCUT2D eigenvalue weighted by Crippen LogP contribution is 2.31. The average molecular weight is 426 g/mol. The molecule has 0 spiro atoms. The third-order valence-electron chi connectivity index (χ3n) is 4.39. The first-order chi connectivity index (χ1) is 14.8. The van der Waals surface area contributed by atoms with E-state index in [2.05, 4.69) is 20.5 Å². The highest BCUT2D eigenvalue weighted by Gasteiger charge is 2.29. The standard InChI is InChI=1S/C23H21F3N4O/c1-16(31)2-3-17-4-8-19(9-5-17)27-29-21-12-14-22(15-13-21)30-28-20-10-6-18(7-11-20)23(24,25)26/h4-16,31H,2-3H2,1H3. The summed E-state index contributed by atoms with van der Waals surface area (Å²) in [5.74, 6) is 0. The molecule has 3 aromatic carbocycles. The molecule has 0 aliphatic heterocycles. The lowest BCUT2D eigenvalue weighted by molar-refractivity contribution is -0.137. The summed E-state index contributed by atoms with van der Waals surface area (Å²) in [6, 6.07) is 19.0. The molecule has 1 atom stereocenters. The van der Waals surface area contributed by atoms with E-state index < -0.39 is 11.7 Å². The second kappa shape index (κ2) is 10.1. The highest BCUT2D eigenvalue weighted by atomic mass is 19.4. The molecule has 160 valence electrons. The van der Waals surface area contributed by atoms with Crippen molar-refractivity contribution in [3.63, 3.8) is 0 Å². The van der Waals surface area contributed by atoms with Crippen LogP contribution in [-0.4, -0.2) is 11.2 Å². The maximum Gasteiger partial charge on any atom is 0.416 e. The van der Waals surface area contributed by atoms with Crippen LogP contribution in [0.4, 0.5) is 35.9 Å². The average Bonchev–Trinajstić information content (AvgIpc) is 2.76. The lowest BCUT2D eigenvalue weighted by Gasteiger charge is -2.05. The molecule has 31 heavy (non-hydrogen) atoms. The number of aliphatic hydroxyl groups excluding tert-OH is 1.